The summed E-state index contributed by atoms with van der Waals surface area (Å²) < 4.78 is 39.1. The quantitative estimate of drug-likeness (QED) is 0.507. The first kappa shape index (κ1) is 18.8. The molecular weight excluding hydrogens is 389 g/mol. The van der Waals surface area contributed by atoms with E-state index in [0.29, 0.717) is 25.2 Å². The van der Waals surface area contributed by atoms with Crippen LogP contribution < -0.4 is 0 Å². The van der Waals surface area contributed by atoms with Crippen molar-refractivity contribution in [3.05, 3.63) is 83.4 Å². The standard InChI is InChI=1S/C23H19F3N4/c24-23(25,26)22-27-12-16-10-11-30(14-20(16)29-22)13-18-17-8-4-5-9-19(17)28-21(18)15-6-2-1-3-7-15/h1-9,12,28H,10-11,13-14H2. The molecule has 0 aliphatic carbocycles. The predicted molar refractivity (Wildman–Crippen MR) is 109 cm³/mol. The molecule has 0 spiro atoms. The van der Waals surface area contributed by atoms with Crippen molar-refractivity contribution in [1.29, 1.82) is 0 Å². The number of nitrogens with zero attached hydrogens (tertiary/aromatic N) is 3. The highest BCUT2D eigenvalue weighted by Gasteiger charge is 2.35. The molecule has 1 N–H and O–H groups in total. The van der Waals surface area contributed by atoms with E-state index in [-0.39, 0.29) is 0 Å². The molecule has 1 aliphatic heterocycles. The lowest BCUT2D eigenvalue weighted by Crippen LogP contribution is -2.32. The molecule has 0 saturated heterocycles. The van der Waals surface area contributed by atoms with Gasteiger partial charge in [-0.3, -0.25) is 4.90 Å². The molecule has 0 unspecified atom stereocenters. The molecule has 0 amide bonds. The Balaban J connectivity index is 1.50. The Labute approximate surface area is 171 Å². The van der Waals surface area contributed by atoms with Crippen molar-refractivity contribution in [2.75, 3.05) is 6.54 Å². The highest BCUT2D eigenvalue weighted by molar-refractivity contribution is 5.90. The van der Waals surface area contributed by atoms with Crippen LogP contribution in [0.4, 0.5) is 13.2 Å². The average Bonchev–Trinajstić information content (AvgIpc) is 3.12. The second-order valence-electron chi connectivity index (χ2n) is 7.51. The fraction of sp³-hybridized carbons (Fsp3) is 0.217. The van der Waals surface area contributed by atoms with E-state index in [1.807, 2.05) is 36.4 Å². The number of alkyl halides is 3. The van der Waals surface area contributed by atoms with Crippen LogP contribution in [0.3, 0.4) is 0 Å². The van der Waals surface area contributed by atoms with Gasteiger partial charge in [0, 0.05) is 36.7 Å². The molecule has 3 heterocycles. The van der Waals surface area contributed by atoms with Crippen molar-refractivity contribution in [3.8, 4) is 11.3 Å². The lowest BCUT2D eigenvalue weighted by Gasteiger charge is -2.28. The molecule has 0 saturated carbocycles. The van der Waals surface area contributed by atoms with Crippen LogP contribution in [0.1, 0.15) is 22.6 Å². The molecule has 0 fully saturated rings. The van der Waals surface area contributed by atoms with Crippen molar-refractivity contribution < 1.29 is 13.2 Å². The maximum absolute atomic E-state index is 13.0. The Morgan fingerprint density at radius 1 is 1.00 bits per heavy atom. The van der Waals surface area contributed by atoms with Gasteiger partial charge < -0.3 is 4.98 Å². The van der Waals surface area contributed by atoms with Crippen LogP contribution in [0.25, 0.3) is 22.2 Å². The van der Waals surface area contributed by atoms with E-state index in [4.69, 9.17) is 0 Å². The summed E-state index contributed by atoms with van der Waals surface area (Å²) in [5.41, 5.74) is 5.57. The summed E-state index contributed by atoms with van der Waals surface area (Å²) in [5, 5.41) is 1.13. The first-order valence-electron chi connectivity index (χ1n) is 9.78. The summed E-state index contributed by atoms with van der Waals surface area (Å²) in [6.07, 6.45) is -2.57. The van der Waals surface area contributed by atoms with Crippen molar-refractivity contribution in [2.24, 2.45) is 0 Å². The van der Waals surface area contributed by atoms with Gasteiger partial charge in [0.2, 0.25) is 5.82 Å². The second kappa shape index (κ2) is 7.25. The third-order valence-electron chi connectivity index (χ3n) is 5.54. The molecule has 2 aromatic carbocycles. The van der Waals surface area contributed by atoms with Crippen molar-refractivity contribution in [3.63, 3.8) is 0 Å². The van der Waals surface area contributed by atoms with E-state index < -0.39 is 12.0 Å². The molecule has 7 heteroatoms. The number of halogens is 3. The zero-order valence-corrected chi connectivity index (χ0v) is 16.1. The summed E-state index contributed by atoms with van der Waals surface area (Å²) in [7, 11) is 0. The van der Waals surface area contributed by atoms with Crippen molar-refractivity contribution in [2.45, 2.75) is 25.7 Å². The van der Waals surface area contributed by atoms with Gasteiger partial charge in [0.15, 0.2) is 0 Å². The van der Waals surface area contributed by atoms with Crippen LogP contribution in [-0.2, 0) is 25.7 Å². The Morgan fingerprint density at radius 2 is 1.77 bits per heavy atom. The molecular formula is C23H19F3N4. The summed E-state index contributed by atoms with van der Waals surface area (Å²) in [5.74, 6) is -1.07. The van der Waals surface area contributed by atoms with Crippen LogP contribution in [0.2, 0.25) is 0 Å². The van der Waals surface area contributed by atoms with Crippen molar-refractivity contribution in [1.82, 2.24) is 19.9 Å². The van der Waals surface area contributed by atoms with Gasteiger partial charge in [-0.1, -0.05) is 48.5 Å². The smallest absolute Gasteiger partial charge is 0.354 e. The summed E-state index contributed by atoms with van der Waals surface area (Å²) in [6.45, 7) is 1.74. The maximum Gasteiger partial charge on any atom is 0.451 e. The van der Waals surface area contributed by atoms with Crippen LogP contribution in [0.5, 0.6) is 0 Å². The first-order chi connectivity index (χ1) is 14.5. The largest absolute Gasteiger partial charge is 0.451 e. The zero-order valence-electron chi connectivity index (χ0n) is 16.1. The topological polar surface area (TPSA) is 44.8 Å². The Morgan fingerprint density at radius 3 is 2.57 bits per heavy atom. The highest BCUT2D eigenvalue weighted by atomic mass is 19.4. The van der Waals surface area contributed by atoms with Crippen LogP contribution in [-0.4, -0.2) is 26.4 Å². The number of aromatic amines is 1. The third-order valence-corrected chi connectivity index (χ3v) is 5.54. The van der Waals surface area contributed by atoms with Crippen LogP contribution in [0.15, 0.2) is 60.8 Å². The zero-order chi connectivity index (χ0) is 20.7. The van der Waals surface area contributed by atoms with E-state index in [1.165, 1.54) is 6.20 Å². The molecule has 0 radical (unpaired) electrons. The molecule has 4 nitrogen and oxygen atoms in total. The number of aromatic nitrogens is 3. The van der Waals surface area contributed by atoms with Gasteiger partial charge in [-0.2, -0.15) is 13.2 Å². The first-order valence-corrected chi connectivity index (χ1v) is 9.78. The molecule has 30 heavy (non-hydrogen) atoms. The number of hydrogen-bond acceptors (Lipinski definition) is 3. The van der Waals surface area contributed by atoms with Gasteiger partial charge in [-0.05, 0) is 29.2 Å². The molecule has 0 bridgehead atoms. The molecule has 2 aromatic heterocycles. The van der Waals surface area contributed by atoms with Gasteiger partial charge in [0.1, 0.15) is 0 Å². The number of benzene rings is 2. The summed E-state index contributed by atoms with van der Waals surface area (Å²) >= 11 is 0. The minimum atomic E-state index is -4.53. The minimum Gasteiger partial charge on any atom is -0.354 e. The van der Waals surface area contributed by atoms with Crippen LogP contribution in [0, 0.1) is 0 Å². The molecule has 0 atom stereocenters. The van der Waals surface area contributed by atoms with E-state index in [9.17, 15) is 13.2 Å². The van der Waals surface area contributed by atoms with E-state index >= 15 is 0 Å². The van der Waals surface area contributed by atoms with Gasteiger partial charge in [-0.15, -0.1) is 0 Å². The minimum absolute atomic E-state index is 0.370. The summed E-state index contributed by atoms with van der Waals surface area (Å²) in [6, 6.07) is 18.2. The van der Waals surface area contributed by atoms with Gasteiger partial charge in [0.05, 0.1) is 11.4 Å². The summed E-state index contributed by atoms with van der Waals surface area (Å²) in [4.78, 5) is 13.0. The lowest BCUT2D eigenvalue weighted by molar-refractivity contribution is -0.145. The fourth-order valence-corrected chi connectivity index (χ4v) is 4.07. The second-order valence-corrected chi connectivity index (χ2v) is 7.51. The van der Waals surface area contributed by atoms with Gasteiger partial charge in [0.25, 0.3) is 0 Å². The fourth-order valence-electron chi connectivity index (χ4n) is 4.07. The number of fused-ring (bicyclic) bond motifs is 2. The van der Waals surface area contributed by atoms with Gasteiger partial charge in [-0.25, -0.2) is 9.97 Å². The molecule has 1 aliphatic rings. The predicted octanol–water partition coefficient (Wildman–Crippen LogP) is 5.20. The lowest BCUT2D eigenvalue weighted by atomic mass is 10.0. The number of rotatable bonds is 3. The molecule has 152 valence electrons. The maximum atomic E-state index is 13.0. The Hall–Kier alpha value is -3.19. The number of nitrogens with one attached hydrogen (secondary N) is 1. The molecule has 4 aromatic rings. The normalized spacial score (nSPS) is 14.8. The highest BCUT2D eigenvalue weighted by Crippen LogP contribution is 2.33. The van der Waals surface area contributed by atoms with E-state index in [2.05, 4.69) is 38.1 Å². The Bertz CT molecular complexity index is 1200. The van der Waals surface area contributed by atoms with Crippen LogP contribution >= 0.6 is 0 Å². The SMILES string of the molecule is FC(F)(F)c1ncc2c(n1)CN(Cc1c(-c3ccccc3)[nH]c3ccccc13)CC2. The Kier molecular flexibility index (Phi) is 4.55. The van der Waals surface area contributed by atoms with E-state index in [0.717, 1.165) is 39.8 Å². The van der Waals surface area contributed by atoms with E-state index in [1.54, 1.807) is 0 Å². The average molecular weight is 408 g/mol. The van der Waals surface area contributed by atoms with Gasteiger partial charge >= 0.3 is 6.18 Å². The number of para-hydroxylation sites is 1. The third kappa shape index (κ3) is 3.45. The number of hydrogen-bond donors (Lipinski definition) is 1. The van der Waals surface area contributed by atoms with Crippen molar-refractivity contribution >= 4 is 10.9 Å². The molecule has 5 rings (SSSR count). The monoisotopic (exact) mass is 408 g/mol. The number of H-pyrrole nitrogens is 1.